The third-order valence-electron chi connectivity index (χ3n) is 3.94. The van der Waals surface area contributed by atoms with Gasteiger partial charge < -0.3 is 25.6 Å². The summed E-state index contributed by atoms with van der Waals surface area (Å²) in [7, 11) is 1.62. The Bertz CT molecular complexity index is 744. The summed E-state index contributed by atoms with van der Waals surface area (Å²) in [5.74, 6) is 1.66. The van der Waals surface area contributed by atoms with Crippen LogP contribution in [0.25, 0.3) is 11.4 Å². The van der Waals surface area contributed by atoms with Gasteiger partial charge in [-0.05, 0) is 44.0 Å². The minimum absolute atomic E-state index is 0.255. The zero-order valence-corrected chi connectivity index (χ0v) is 15.5. The van der Waals surface area contributed by atoms with Crippen LogP contribution in [0.4, 0.5) is 4.79 Å². The molecule has 146 valence electrons. The molecule has 1 atom stereocenters. The number of carbonyl (C=O) groups is 2. The molecular weight excluding hydrogens is 350 g/mol. The standard InChI is InChI=1S/C18H25N5O4/c1-12(21-18(19)25)17(24)20-11-5-3-4-6-15-22-16(23-27-15)13-7-9-14(26-2)10-8-13/h7-10,12H,3-6,11H2,1-2H3,(H,20,24)(H3,19,21,25). The maximum absolute atomic E-state index is 11.7. The predicted octanol–water partition coefficient (Wildman–Crippen LogP) is 1.63. The second-order valence-electron chi connectivity index (χ2n) is 6.07. The number of nitrogens with one attached hydrogen (secondary N) is 2. The number of hydrogen-bond acceptors (Lipinski definition) is 6. The van der Waals surface area contributed by atoms with Crippen LogP contribution in [0.1, 0.15) is 32.1 Å². The van der Waals surface area contributed by atoms with Crippen LogP contribution >= 0.6 is 0 Å². The molecule has 1 unspecified atom stereocenters. The van der Waals surface area contributed by atoms with E-state index in [1.165, 1.54) is 0 Å². The summed E-state index contributed by atoms with van der Waals surface area (Å²) < 4.78 is 10.4. The highest BCUT2D eigenvalue weighted by molar-refractivity contribution is 5.86. The summed E-state index contributed by atoms with van der Waals surface area (Å²) in [5, 5.41) is 9.08. The number of ether oxygens (including phenoxy) is 1. The Kier molecular flexibility index (Phi) is 7.60. The monoisotopic (exact) mass is 375 g/mol. The largest absolute Gasteiger partial charge is 0.497 e. The number of amides is 3. The molecule has 9 heteroatoms. The second kappa shape index (κ2) is 10.1. The fourth-order valence-corrected chi connectivity index (χ4v) is 2.44. The van der Waals surface area contributed by atoms with Crippen LogP contribution < -0.4 is 21.1 Å². The fourth-order valence-electron chi connectivity index (χ4n) is 2.44. The number of urea groups is 1. The van der Waals surface area contributed by atoms with Gasteiger partial charge in [0.05, 0.1) is 7.11 Å². The third kappa shape index (κ3) is 6.61. The first-order chi connectivity index (χ1) is 13.0. The van der Waals surface area contributed by atoms with Gasteiger partial charge in [-0.1, -0.05) is 11.6 Å². The number of carbonyl (C=O) groups excluding carboxylic acids is 2. The quantitative estimate of drug-likeness (QED) is 0.541. The summed E-state index contributed by atoms with van der Waals surface area (Å²) in [5.41, 5.74) is 5.84. The normalized spacial score (nSPS) is 11.6. The lowest BCUT2D eigenvalue weighted by Crippen LogP contribution is -2.46. The van der Waals surface area contributed by atoms with E-state index < -0.39 is 12.1 Å². The molecule has 0 aliphatic carbocycles. The maximum Gasteiger partial charge on any atom is 0.312 e. The molecular formula is C18H25N5O4. The van der Waals surface area contributed by atoms with Gasteiger partial charge in [0.2, 0.25) is 17.6 Å². The molecule has 3 amide bonds. The average Bonchev–Trinajstić information content (AvgIpc) is 3.12. The molecule has 4 N–H and O–H groups in total. The fraction of sp³-hybridized carbons (Fsp3) is 0.444. The Hall–Kier alpha value is -3.10. The van der Waals surface area contributed by atoms with Crippen LogP contribution in [0.3, 0.4) is 0 Å². The van der Waals surface area contributed by atoms with Gasteiger partial charge in [-0.15, -0.1) is 0 Å². The molecule has 1 aromatic carbocycles. The number of unbranched alkanes of at least 4 members (excludes halogenated alkanes) is 2. The molecule has 0 radical (unpaired) electrons. The summed E-state index contributed by atoms with van der Waals surface area (Å²) in [4.78, 5) is 26.8. The first-order valence-electron chi connectivity index (χ1n) is 8.80. The van der Waals surface area contributed by atoms with Gasteiger partial charge in [-0.3, -0.25) is 4.79 Å². The van der Waals surface area contributed by atoms with Crippen LogP contribution in [0.15, 0.2) is 28.8 Å². The van der Waals surface area contributed by atoms with Gasteiger partial charge >= 0.3 is 6.03 Å². The molecule has 0 saturated heterocycles. The molecule has 2 rings (SSSR count). The van der Waals surface area contributed by atoms with Crippen molar-refractivity contribution in [2.45, 2.75) is 38.6 Å². The Balaban J connectivity index is 1.65. The molecule has 0 spiro atoms. The van der Waals surface area contributed by atoms with E-state index in [4.69, 9.17) is 15.0 Å². The van der Waals surface area contributed by atoms with E-state index in [1.54, 1.807) is 14.0 Å². The van der Waals surface area contributed by atoms with E-state index in [1.807, 2.05) is 24.3 Å². The molecule has 0 bridgehead atoms. The van der Waals surface area contributed by atoms with Crippen molar-refractivity contribution in [3.05, 3.63) is 30.2 Å². The van der Waals surface area contributed by atoms with Gasteiger partial charge in [-0.2, -0.15) is 4.98 Å². The lowest BCUT2D eigenvalue weighted by atomic mass is 10.2. The number of primary amides is 1. The molecule has 1 heterocycles. The smallest absolute Gasteiger partial charge is 0.312 e. The lowest BCUT2D eigenvalue weighted by molar-refractivity contribution is -0.122. The number of benzene rings is 1. The first kappa shape index (κ1) is 20.2. The summed E-state index contributed by atoms with van der Waals surface area (Å²) >= 11 is 0. The van der Waals surface area contributed by atoms with Gasteiger partial charge in [0.25, 0.3) is 0 Å². The third-order valence-corrected chi connectivity index (χ3v) is 3.94. The molecule has 0 saturated carbocycles. The van der Waals surface area contributed by atoms with Crippen molar-refractivity contribution in [2.24, 2.45) is 5.73 Å². The Labute approximate surface area is 157 Å². The van der Waals surface area contributed by atoms with Crippen LogP contribution in [0.5, 0.6) is 5.75 Å². The summed E-state index contributed by atoms with van der Waals surface area (Å²) in [6.45, 7) is 2.11. The van der Waals surface area contributed by atoms with E-state index in [-0.39, 0.29) is 5.91 Å². The first-order valence-corrected chi connectivity index (χ1v) is 8.80. The summed E-state index contributed by atoms with van der Waals surface area (Å²) in [6.07, 6.45) is 3.26. The van der Waals surface area contributed by atoms with Crippen molar-refractivity contribution >= 4 is 11.9 Å². The van der Waals surface area contributed by atoms with Crippen molar-refractivity contribution < 1.29 is 18.8 Å². The number of hydrogen-bond donors (Lipinski definition) is 3. The highest BCUT2D eigenvalue weighted by atomic mass is 16.5. The number of aromatic nitrogens is 2. The molecule has 9 nitrogen and oxygen atoms in total. The SMILES string of the molecule is COc1ccc(-c2noc(CCCCCNC(=O)C(C)NC(N)=O)n2)cc1. The number of methoxy groups -OCH3 is 1. The van der Waals surface area contributed by atoms with Gasteiger partial charge in [0.1, 0.15) is 11.8 Å². The molecule has 2 aromatic rings. The number of aryl methyl sites for hydroxylation is 1. The van der Waals surface area contributed by atoms with Crippen LogP contribution in [-0.4, -0.2) is 41.8 Å². The molecule has 0 aliphatic heterocycles. The Morgan fingerprint density at radius 3 is 2.63 bits per heavy atom. The highest BCUT2D eigenvalue weighted by Crippen LogP contribution is 2.20. The Morgan fingerprint density at radius 1 is 1.22 bits per heavy atom. The van der Waals surface area contributed by atoms with E-state index in [9.17, 15) is 9.59 Å². The van der Waals surface area contributed by atoms with E-state index >= 15 is 0 Å². The molecule has 1 aromatic heterocycles. The topological polar surface area (TPSA) is 132 Å². The van der Waals surface area contributed by atoms with Crippen molar-refractivity contribution in [1.29, 1.82) is 0 Å². The average molecular weight is 375 g/mol. The van der Waals surface area contributed by atoms with Crippen LogP contribution in [0, 0.1) is 0 Å². The van der Waals surface area contributed by atoms with Crippen molar-refractivity contribution in [3.63, 3.8) is 0 Å². The molecule has 27 heavy (non-hydrogen) atoms. The Morgan fingerprint density at radius 2 is 1.96 bits per heavy atom. The number of rotatable bonds is 10. The van der Waals surface area contributed by atoms with E-state index in [0.29, 0.717) is 24.7 Å². The number of nitrogens with two attached hydrogens (primary N) is 1. The van der Waals surface area contributed by atoms with Crippen molar-refractivity contribution in [1.82, 2.24) is 20.8 Å². The van der Waals surface area contributed by atoms with Crippen molar-refractivity contribution in [2.75, 3.05) is 13.7 Å². The highest BCUT2D eigenvalue weighted by Gasteiger charge is 2.13. The minimum Gasteiger partial charge on any atom is -0.497 e. The number of nitrogens with zero attached hydrogens (tertiary/aromatic N) is 2. The van der Waals surface area contributed by atoms with E-state index in [0.717, 1.165) is 30.6 Å². The zero-order chi connectivity index (χ0) is 19.6. The molecule has 0 aliphatic rings. The maximum atomic E-state index is 11.7. The van der Waals surface area contributed by atoms with Gasteiger partial charge in [-0.25, -0.2) is 4.79 Å². The van der Waals surface area contributed by atoms with Crippen molar-refractivity contribution in [3.8, 4) is 17.1 Å². The van der Waals surface area contributed by atoms with Gasteiger partial charge in [0.15, 0.2) is 0 Å². The predicted molar refractivity (Wildman–Crippen MR) is 99.0 cm³/mol. The second-order valence-corrected chi connectivity index (χ2v) is 6.07. The van der Waals surface area contributed by atoms with Crippen LogP contribution in [-0.2, 0) is 11.2 Å². The van der Waals surface area contributed by atoms with Crippen LogP contribution in [0.2, 0.25) is 0 Å². The zero-order valence-electron chi connectivity index (χ0n) is 15.5. The van der Waals surface area contributed by atoms with E-state index in [2.05, 4.69) is 20.8 Å². The summed E-state index contributed by atoms with van der Waals surface area (Å²) in [6, 6.07) is 6.09. The lowest BCUT2D eigenvalue weighted by Gasteiger charge is -2.12. The van der Waals surface area contributed by atoms with Gasteiger partial charge in [0, 0.05) is 18.5 Å². The minimum atomic E-state index is -0.716. The molecule has 0 fully saturated rings.